The van der Waals surface area contributed by atoms with Gasteiger partial charge in [-0.1, -0.05) is 19.0 Å². The van der Waals surface area contributed by atoms with Crippen LogP contribution in [0.25, 0.3) is 0 Å². The molecule has 0 fully saturated rings. The lowest BCUT2D eigenvalue weighted by Gasteiger charge is -2.33. The van der Waals surface area contributed by atoms with Crippen LogP contribution in [0.4, 0.5) is 0 Å². The van der Waals surface area contributed by atoms with Crippen molar-refractivity contribution < 1.29 is 5.21 Å². The Morgan fingerprint density at radius 3 is 2.13 bits per heavy atom. The van der Waals surface area contributed by atoms with E-state index < -0.39 is 0 Å². The second kappa shape index (κ2) is 6.67. The second-order valence-corrected chi connectivity index (χ2v) is 4.83. The number of oxime groups is 1. The van der Waals surface area contributed by atoms with Crippen LogP contribution < -0.4 is 5.73 Å². The summed E-state index contributed by atoms with van der Waals surface area (Å²) in [7, 11) is 0. The number of rotatable bonds is 6. The molecule has 0 rings (SSSR count). The molecular formula is C11H25N3O. The quantitative estimate of drug-likeness (QED) is 0.308. The van der Waals surface area contributed by atoms with E-state index in [9.17, 15) is 0 Å². The summed E-state index contributed by atoms with van der Waals surface area (Å²) < 4.78 is 0. The topological polar surface area (TPSA) is 61.8 Å². The van der Waals surface area contributed by atoms with Crippen LogP contribution in [-0.2, 0) is 0 Å². The van der Waals surface area contributed by atoms with Crippen molar-refractivity contribution in [1.29, 1.82) is 0 Å². The van der Waals surface area contributed by atoms with E-state index in [0.29, 0.717) is 30.3 Å². The maximum atomic E-state index is 8.53. The summed E-state index contributed by atoms with van der Waals surface area (Å²) in [5.74, 6) is 0.930. The molecule has 0 bridgehead atoms. The molecule has 0 aliphatic rings. The standard InChI is InChI=1S/C11H25N3O/c1-8(2)7-14(9(3)4)10(5)6-11(12)13-15/h8-10,15H,6-7H2,1-5H3,(H2,12,13). The van der Waals surface area contributed by atoms with Gasteiger partial charge in [0, 0.05) is 25.0 Å². The van der Waals surface area contributed by atoms with Crippen LogP contribution in [0.1, 0.15) is 41.0 Å². The molecule has 0 spiro atoms. The number of hydrogen-bond acceptors (Lipinski definition) is 3. The highest BCUT2D eigenvalue weighted by molar-refractivity contribution is 5.80. The largest absolute Gasteiger partial charge is 0.409 e. The maximum Gasteiger partial charge on any atom is 0.140 e. The number of nitrogens with zero attached hydrogens (tertiary/aromatic N) is 2. The molecule has 0 aromatic rings. The normalized spacial score (nSPS) is 15.3. The van der Waals surface area contributed by atoms with Crippen molar-refractivity contribution in [3.8, 4) is 0 Å². The Hall–Kier alpha value is -0.770. The molecule has 0 radical (unpaired) electrons. The van der Waals surface area contributed by atoms with E-state index >= 15 is 0 Å². The molecular weight excluding hydrogens is 190 g/mol. The fourth-order valence-corrected chi connectivity index (χ4v) is 1.78. The Kier molecular flexibility index (Phi) is 6.32. The molecule has 0 amide bonds. The van der Waals surface area contributed by atoms with Gasteiger partial charge < -0.3 is 10.9 Å². The third-order valence-corrected chi connectivity index (χ3v) is 2.44. The zero-order valence-electron chi connectivity index (χ0n) is 10.6. The molecule has 0 aromatic heterocycles. The summed E-state index contributed by atoms with van der Waals surface area (Å²) >= 11 is 0. The third-order valence-electron chi connectivity index (χ3n) is 2.44. The summed E-state index contributed by atoms with van der Waals surface area (Å²) in [6.45, 7) is 11.9. The summed E-state index contributed by atoms with van der Waals surface area (Å²) in [5, 5.41) is 11.5. The second-order valence-electron chi connectivity index (χ2n) is 4.83. The average Bonchev–Trinajstić information content (AvgIpc) is 2.12. The minimum absolute atomic E-state index is 0.303. The van der Waals surface area contributed by atoms with Gasteiger partial charge in [0.05, 0.1) is 0 Å². The molecule has 4 heteroatoms. The van der Waals surface area contributed by atoms with Gasteiger partial charge in [-0.2, -0.15) is 0 Å². The van der Waals surface area contributed by atoms with Gasteiger partial charge in [-0.15, -0.1) is 0 Å². The predicted octanol–water partition coefficient (Wildman–Crippen LogP) is 1.88. The maximum absolute atomic E-state index is 8.53. The van der Waals surface area contributed by atoms with Gasteiger partial charge >= 0.3 is 0 Å². The molecule has 90 valence electrons. The molecule has 1 atom stereocenters. The van der Waals surface area contributed by atoms with Gasteiger partial charge in [0.25, 0.3) is 0 Å². The molecule has 0 saturated heterocycles. The van der Waals surface area contributed by atoms with Crippen LogP contribution in [0, 0.1) is 5.92 Å². The summed E-state index contributed by atoms with van der Waals surface area (Å²) in [4.78, 5) is 2.38. The Morgan fingerprint density at radius 1 is 1.27 bits per heavy atom. The molecule has 3 N–H and O–H groups in total. The van der Waals surface area contributed by atoms with Crippen molar-refractivity contribution >= 4 is 5.84 Å². The lowest BCUT2D eigenvalue weighted by Crippen LogP contribution is -2.42. The van der Waals surface area contributed by atoms with Crippen molar-refractivity contribution in [2.75, 3.05) is 6.54 Å². The zero-order valence-corrected chi connectivity index (χ0v) is 10.6. The van der Waals surface area contributed by atoms with Crippen LogP contribution in [0.2, 0.25) is 0 Å². The fraction of sp³-hybridized carbons (Fsp3) is 0.909. The zero-order chi connectivity index (χ0) is 12.0. The van der Waals surface area contributed by atoms with Gasteiger partial charge in [0.1, 0.15) is 5.84 Å². The summed E-state index contributed by atoms with van der Waals surface area (Å²) in [5.41, 5.74) is 5.52. The highest BCUT2D eigenvalue weighted by Crippen LogP contribution is 2.11. The summed E-state index contributed by atoms with van der Waals surface area (Å²) in [6.07, 6.45) is 0.612. The third kappa shape index (κ3) is 5.62. The smallest absolute Gasteiger partial charge is 0.140 e. The van der Waals surface area contributed by atoms with Crippen molar-refractivity contribution in [3.63, 3.8) is 0 Å². The Morgan fingerprint density at radius 2 is 1.80 bits per heavy atom. The van der Waals surface area contributed by atoms with E-state index in [-0.39, 0.29) is 0 Å². The average molecular weight is 215 g/mol. The van der Waals surface area contributed by atoms with Crippen LogP contribution in [-0.4, -0.2) is 34.6 Å². The van der Waals surface area contributed by atoms with E-state index in [2.05, 4.69) is 44.7 Å². The summed E-state index contributed by atoms with van der Waals surface area (Å²) in [6, 6.07) is 0.789. The number of hydrogen-bond donors (Lipinski definition) is 2. The van der Waals surface area contributed by atoms with Gasteiger partial charge in [-0.25, -0.2) is 0 Å². The van der Waals surface area contributed by atoms with Crippen molar-refractivity contribution in [3.05, 3.63) is 0 Å². The first kappa shape index (κ1) is 14.2. The van der Waals surface area contributed by atoms with Gasteiger partial charge in [0.2, 0.25) is 0 Å². The van der Waals surface area contributed by atoms with Crippen molar-refractivity contribution in [2.24, 2.45) is 16.8 Å². The lowest BCUT2D eigenvalue weighted by molar-refractivity contribution is 0.147. The Balaban J connectivity index is 4.35. The van der Waals surface area contributed by atoms with Crippen LogP contribution in [0.3, 0.4) is 0 Å². The lowest BCUT2D eigenvalue weighted by atomic mass is 10.1. The molecule has 1 unspecified atom stereocenters. The number of nitrogens with two attached hydrogens (primary N) is 1. The van der Waals surface area contributed by atoms with E-state index in [1.807, 2.05) is 0 Å². The fourth-order valence-electron chi connectivity index (χ4n) is 1.78. The Bertz CT molecular complexity index is 202. The highest BCUT2D eigenvalue weighted by Gasteiger charge is 2.19. The first-order valence-corrected chi connectivity index (χ1v) is 5.60. The van der Waals surface area contributed by atoms with Gasteiger partial charge in [0.15, 0.2) is 0 Å². The van der Waals surface area contributed by atoms with Gasteiger partial charge in [-0.3, -0.25) is 4.90 Å². The minimum atomic E-state index is 0.303. The molecule has 0 aliphatic carbocycles. The van der Waals surface area contributed by atoms with Crippen LogP contribution in [0.5, 0.6) is 0 Å². The van der Waals surface area contributed by atoms with E-state index in [4.69, 9.17) is 10.9 Å². The molecule has 0 saturated carbocycles. The van der Waals surface area contributed by atoms with Crippen molar-refractivity contribution in [1.82, 2.24) is 4.90 Å². The molecule has 4 nitrogen and oxygen atoms in total. The molecule has 15 heavy (non-hydrogen) atoms. The van der Waals surface area contributed by atoms with E-state index in [1.165, 1.54) is 0 Å². The first-order chi connectivity index (χ1) is 6.88. The molecule has 0 heterocycles. The van der Waals surface area contributed by atoms with Gasteiger partial charge in [-0.05, 0) is 26.7 Å². The number of amidine groups is 1. The first-order valence-electron chi connectivity index (χ1n) is 5.60. The highest BCUT2D eigenvalue weighted by atomic mass is 16.4. The Labute approximate surface area is 93.1 Å². The van der Waals surface area contributed by atoms with E-state index in [1.54, 1.807) is 0 Å². The van der Waals surface area contributed by atoms with Crippen LogP contribution >= 0.6 is 0 Å². The SMILES string of the molecule is CC(C)CN(C(C)C)C(C)CC(N)=NO. The van der Waals surface area contributed by atoms with Crippen molar-refractivity contribution in [2.45, 2.75) is 53.1 Å². The van der Waals surface area contributed by atoms with Crippen LogP contribution in [0.15, 0.2) is 5.16 Å². The molecule has 0 aliphatic heterocycles. The molecule has 0 aromatic carbocycles. The predicted molar refractivity (Wildman–Crippen MR) is 64.2 cm³/mol. The van der Waals surface area contributed by atoms with E-state index in [0.717, 1.165) is 6.54 Å². The minimum Gasteiger partial charge on any atom is -0.409 e. The monoisotopic (exact) mass is 215 g/mol.